The Morgan fingerprint density at radius 1 is 1.28 bits per heavy atom. The van der Waals surface area contributed by atoms with Crippen molar-refractivity contribution in [2.75, 3.05) is 26.3 Å². The van der Waals surface area contributed by atoms with Crippen molar-refractivity contribution in [3.8, 4) is 17.2 Å². The lowest BCUT2D eigenvalue weighted by atomic mass is 10.2. The van der Waals surface area contributed by atoms with E-state index in [2.05, 4.69) is 10.3 Å². The zero-order valence-electron chi connectivity index (χ0n) is 13.8. The zero-order valence-corrected chi connectivity index (χ0v) is 14.7. The van der Waals surface area contributed by atoms with Crippen LogP contribution in [0.2, 0.25) is 0 Å². The summed E-state index contributed by atoms with van der Waals surface area (Å²) in [5.74, 6) is 1.27. The summed E-state index contributed by atoms with van der Waals surface area (Å²) in [6, 6.07) is 5.60. The molecular formula is C16H20ClN5O3. The second kappa shape index (κ2) is 6.89. The number of rotatable bonds is 2. The second-order valence-corrected chi connectivity index (χ2v) is 6.06. The minimum absolute atomic E-state index is 0. The third-order valence-electron chi connectivity index (χ3n) is 4.38. The van der Waals surface area contributed by atoms with Gasteiger partial charge in [0.15, 0.2) is 17.2 Å². The number of hydrogen-bond acceptors (Lipinski definition) is 6. The topological polar surface area (TPSA) is 95.5 Å². The van der Waals surface area contributed by atoms with Crippen molar-refractivity contribution >= 4 is 18.3 Å². The maximum atomic E-state index is 12.6. The zero-order chi connectivity index (χ0) is 16.7. The number of benzene rings is 1. The Hall–Kier alpha value is -2.32. The number of nitrogens with zero attached hydrogens (tertiary/aromatic N) is 4. The predicted octanol–water partition coefficient (Wildman–Crippen LogP) is 0.942. The van der Waals surface area contributed by atoms with E-state index in [-0.39, 0.29) is 24.4 Å². The van der Waals surface area contributed by atoms with E-state index in [1.165, 1.54) is 0 Å². The normalized spacial score (nSPS) is 18.8. The van der Waals surface area contributed by atoms with E-state index in [0.717, 1.165) is 12.1 Å². The molecule has 0 spiro atoms. The van der Waals surface area contributed by atoms with Crippen molar-refractivity contribution in [2.45, 2.75) is 19.4 Å². The molecule has 9 heteroatoms. The molecule has 4 rings (SSSR count). The average Bonchev–Trinajstić information content (AvgIpc) is 3.20. The minimum Gasteiger partial charge on any atom is -0.486 e. The molecule has 0 radical (unpaired) electrons. The third-order valence-corrected chi connectivity index (χ3v) is 4.38. The predicted molar refractivity (Wildman–Crippen MR) is 92.8 cm³/mol. The van der Waals surface area contributed by atoms with E-state index in [9.17, 15) is 4.79 Å². The van der Waals surface area contributed by atoms with Gasteiger partial charge in [-0.1, -0.05) is 5.21 Å². The van der Waals surface area contributed by atoms with E-state index in [0.29, 0.717) is 49.2 Å². The van der Waals surface area contributed by atoms with Crippen LogP contribution in [-0.2, 0) is 0 Å². The van der Waals surface area contributed by atoms with Gasteiger partial charge in [-0.15, -0.1) is 17.5 Å². The maximum absolute atomic E-state index is 12.6. The first-order valence-electron chi connectivity index (χ1n) is 8.00. The van der Waals surface area contributed by atoms with Crippen molar-refractivity contribution in [3.05, 3.63) is 29.6 Å². The number of amides is 1. The number of aromatic nitrogens is 3. The van der Waals surface area contributed by atoms with Crippen LogP contribution < -0.4 is 15.2 Å². The highest BCUT2D eigenvalue weighted by molar-refractivity contribution is 5.93. The van der Waals surface area contributed by atoms with Gasteiger partial charge in [-0.3, -0.25) is 4.79 Å². The lowest BCUT2D eigenvalue weighted by Crippen LogP contribution is -2.32. The summed E-state index contributed by atoms with van der Waals surface area (Å²) in [6.45, 7) is 4.13. The van der Waals surface area contributed by atoms with Gasteiger partial charge in [-0.25, -0.2) is 4.68 Å². The number of hydrogen-bond donors (Lipinski definition) is 1. The molecule has 1 aromatic heterocycles. The highest BCUT2D eigenvalue weighted by Gasteiger charge is 2.28. The molecule has 8 nitrogen and oxygen atoms in total. The molecule has 25 heavy (non-hydrogen) atoms. The number of likely N-dealkylation sites (tertiary alicyclic amines) is 1. The molecular weight excluding hydrogens is 346 g/mol. The van der Waals surface area contributed by atoms with E-state index in [4.69, 9.17) is 15.2 Å². The lowest BCUT2D eigenvalue weighted by Gasteiger charge is -2.19. The lowest BCUT2D eigenvalue weighted by molar-refractivity contribution is 0.0784. The molecule has 1 fully saturated rings. The summed E-state index contributed by atoms with van der Waals surface area (Å²) in [6.07, 6.45) is 0.821. The SMILES string of the molecule is Cc1c(C(=O)N2CC[C@@H](N)C2)nnn1-c1ccc2c(c1)OCCO2.Cl. The maximum Gasteiger partial charge on any atom is 0.276 e. The highest BCUT2D eigenvalue weighted by Crippen LogP contribution is 2.32. The van der Waals surface area contributed by atoms with Crippen LogP contribution in [0.5, 0.6) is 11.5 Å². The number of carbonyl (C=O) groups excluding carboxylic acids is 1. The first-order chi connectivity index (χ1) is 11.6. The molecule has 1 saturated heterocycles. The Labute approximate surface area is 151 Å². The van der Waals surface area contributed by atoms with Crippen LogP contribution >= 0.6 is 12.4 Å². The van der Waals surface area contributed by atoms with E-state index in [1.807, 2.05) is 25.1 Å². The number of nitrogens with two attached hydrogens (primary N) is 1. The Morgan fingerprint density at radius 3 is 2.76 bits per heavy atom. The van der Waals surface area contributed by atoms with Gasteiger partial charge in [0.25, 0.3) is 5.91 Å². The summed E-state index contributed by atoms with van der Waals surface area (Å²) in [5.41, 5.74) is 7.71. The fourth-order valence-electron chi connectivity index (χ4n) is 3.06. The first kappa shape index (κ1) is 17.5. The molecule has 1 atom stereocenters. The molecule has 2 N–H and O–H groups in total. The summed E-state index contributed by atoms with van der Waals surface area (Å²) < 4.78 is 12.8. The monoisotopic (exact) mass is 365 g/mol. The Balaban J connectivity index is 0.00000182. The molecule has 2 aliphatic heterocycles. The van der Waals surface area contributed by atoms with Crippen LogP contribution in [0.1, 0.15) is 22.6 Å². The molecule has 2 aliphatic rings. The fraction of sp³-hybridized carbons (Fsp3) is 0.438. The van der Waals surface area contributed by atoms with Crippen molar-refractivity contribution in [2.24, 2.45) is 5.73 Å². The minimum atomic E-state index is -0.121. The molecule has 2 aromatic rings. The molecule has 3 heterocycles. The van der Waals surface area contributed by atoms with Gasteiger partial charge in [0.05, 0.1) is 11.4 Å². The highest BCUT2D eigenvalue weighted by atomic mass is 35.5. The quantitative estimate of drug-likeness (QED) is 0.851. The Kier molecular flexibility index (Phi) is 4.82. The number of ether oxygens (including phenoxy) is 2. The molecule has 0 aliphatic carbocycles. The van der Waals surface area contributed by atoms with Gasteiger partial charge in [-0.2, -0.15) is 0 Å². The van der Waals surface area contributed by atoms with Crippen LogP contribution in [0.4, 0.5) is 0 Å². The van der Waals surface area contributed by atoms with Gasteiger partial charge in [-0.05, 0) is 25.5 Å². The van der Waals surface area contributed by atoms with Gasteiger partial charge in [0.1, 0.15) is 13.2 Å². The van der Waals surface area contributed by atoms with E-state index in [1.54, 1.807) is 9.58 Å². The van der Waals surface area contributed by atoms with E-state index < -0.39 is 0 Å². The molecule has 1 amide bonds. The number of halogens is 1. The van der Waals surface area contributed by atoms with Crippen LogP contribution in [-0.4, -0.2) is 58.1 Å². The molecule has 1 aromatic carbocycles. The smallest absolute Gasteiger partial charge is 0.276 e. The van der Waals surface area contributed by atoms with E-state index >= 15 is 0 Å². The summed E-state index contributed by atoms with van der Waals surface area (Å²) in [4.78, 5) is 14.3. The van der Waals surface area contributed by atoms with Crippen LogP contribution in [0, 0.1) is 6.92 Å². The molecule has 0 unspecified atom stereocenters. The molecule has 134 valence electrons. The summed E-state index contributed by atoms with van der Waals surface area (Å²) in [7, 11) is 0. The standard InChI is InChI=1S/C16H19N5O3.ClH/c1-10-15(16(22)20-5-4-11(17)9-20)18-19-21(10)12-2-3-13-14(8-12)24-7-6-23-13;/h2-3,8,11H,4-7,9,17H2,1H3;1H/t11-;/m1./s1. The van der Waals surface area contributed by atoms with Gasteiger partial charge in [0.2, 0.25) is 0 Å². The van der Waals surface area contributed by atoms with Gasteiger partial charge >= 0.3 is 0 Å². The van der Waals surface area contributed by atoms with Gasteiger partial charge < -0.3 is 20.1 Å². The van der Waals surface area contributed by atoms with Gasteiger partial charge in [0, 0.05) is 25.2 Å². The van der Waals surface area contributed by atoms with Crippen molar-refractivity contribution < 1.29 is 14.3 Å². The largest absolute Gasteiger partial charge is 0.486 e. The van der Waals surface area contributed by atoms with Crippen LogP contribution in [0.25, 0.3) is 5.69 Å². The van der Waals surface area contributed by atoms with Crippen molar-refractivity contribution in [1.29, 1.82) is 0 Å². The van der Waals surface area contributed by atoms with Crippen LogP contribution in [0.15, 0.2) is 18.2 Å². The average molecular weight is 366 g/mol. The second-order valence-electron chi connectivity index (χ2n) is 6.06. The third kappa shape index (κ3) is 3.14. The Morgan fingerprint density at radius 2 is 2.04 bits per heavy atom. The summed E-state index contributed by atoms with van der Waals surface area (Å²) >= 11 is 0. The number of carbonyl (C=O) groups is 1. The van der Waals surface area contributed by atoms with Crippen molar-refractivity contribution in [1.82, 2.24) is 19.9 Å². The molecule has 0 bridgehead atoms. The van der Waals surface area contributed by atoms with Crippen molar-refractivity contribution in [3.63, 3.8) is 0 Å². The van der Waals surface area contributed by atoms with Crippen LogP contribution in [0.3, 0.4) is 0 Å². The number of fused-ring (bicyclic) bond motifs is 1. The summed E-state index contributed by atoms with van der Waals surface area (Å²) in [5, 5.41) is 8.22. The first-order valence-corrected chi connectivity index (χ1v) is 8.00. The molecule has 0 saturated carbocycles. The fourth-order valence-corrected chi connectivity index (χ4v) is 3.06. The Bertz CT molecular complexity index is 794.